The number of quaternary nitrogens is 1. The van der Waals surface area contributed by atoms with Crippen molar-refractivity contribution in [2.24, 2.45) is 5.73 Å². The third kappa shape index (κ3) is 6.37. The number of benzene rings is 2. The fourth-order valence-electron chi connectivity index (χ4n) is 6.41. The number of rotatable bonds is 7. The maximum absolute atomic E-state index is 13.7. The molecule has 0 aliphatic carbocycles. The average molecular weight is 641 g/mol. The summed E-state index contributed by atoms with van der Waals surface area (Å²) in [5.74, 6) is -3.08. The van der Waals surface area contributed by atoms with Crippen LogP contribution in [0.4, 0.5) is 18.0 Å². The van der Waals surface area contributed by atoms with E-state index >= 15 is 0 Å². The number of nitrogens with zero attached hydrogens (tertiary/aromatic N) is 2. The fraction of sp³-hybridized carbons (Fsp3) is 0.500. The van der Waals surface area contributed by atoms with Crippen LogP contribution in [0.1, 0.15) is 48.5 Å². The maximum Gasteiger partial charge on any atom is 0.491 e. The summed E-state index contributed by atoms with van der Waals surface area (Å²) in [7, 11) is 0. The first-order valence-corrected chi connectivity index (χ1v) is 14.8. The van der Waals surface area contributed by atoms with E-state index in [1.165, 1.54) is 0 Å². The van der Waals surface area contributed by atoms with E-state index in [0.717, 1.165) is 48.8 Å². The number of ether oxygens (including phenoxy) is 3. The molecular formula is C30H34ClF3N3O7+. The Kier molecular flexibility index (Phi) is 8.87. The smallest absolute Gasteiger partial charge is 0.490 e. The predicted molar refractivity (Wildman–Crippen MR) is 152 cm³/mol. The maximum atomic E-state index is 13.7. The number of β-amino-alcohol motifs (C(OH)–C–C–N with tert-alkyl or cyclic N) is 1. The molecule has 0 bridgehead atoms. The summed E-state index contributed by atoms with van der Waals surface area (Å²) < 4.78 is 54.3. The number of fused-ring (bicyclic) bond motifs is 1. The molecule has 3 aliphatic heterocycles. The molecule has 3 aliphatic rings. The van der Waals surface area contributed by atoms with Crippen molar-refractivity contribution in [3.05, 3.63) is 52.5 Å². The molecule has 0 radical (unpaired) electrons. The first-order valence-electron chi connectivity index (χ1n) is 14.4. The molecule has 2 aromatic carbocycles. The number of likely N-dealkylation sites (tertiary alicyclic amines) is 2. The second kappa shape index (κ2) is 12.2. The third-order valence-corrected chi connectivity index (χ3v) is 9.03. The number of halogens is 4. The van der Waals surface area contributed by atoms with Crippen LogP contribution in [-0.4, -0.2) is 89.1 Å². The van der Waals surface area contributed by atoms with Crippen molar-refractivity contribution in [2.75, 3.05) is 32.8 Å². The molecule has 3 amide bonds. The minimum atomic E-state index is -5.25. The highest BCUT2D eigenvalue weighted by Crippen LogP contribution is 2.42. The number of nitrogens with two attached hydrogens (primary N) is 1. The summed E-state index contributed by atoms with van der Waals surface area (Å²) in [6, 6.07) is 7.39. The van der Waals surface area contributed by atoms with Crippen molar-refractivity contribution >= 4 is 29.5 Å². The van der Waals surface area contributed by atoms with Gasteiger partial charge in [-0.3, -0.25) is 0 Å². The lowest BCUT2D eigenvalue weighted by molar-refractivity contribution is -0.776. The molecule has 238 valence electrons. The number of esters is 1. The number of carbonyl (C=O) groups excluding carboxylic acids is 3. The van der Waals surface area contributed by atoms with E-state index in [-0.39, 0.29) is 36.6 Å². The van der Waals surface area contributed by atoms with Crippen molar-refractivity contribution in [3.8, 4) is 17.2 Å². The van der Waals surface area contributed by atoms with Gasteiger partial charge < -0.3 is 30.0 Å². The number of piperidine rings is 1. The summed E-state index contributed by atoms with van der Waals surface area (Å²) in [4.78, 5) is 39.7. The Bertz CT molecular complexity index is 1450. The second-order valence-corrected chi connectivity index (χ2v) is 12.2. The monoisotopic (exact) mass is 640 g/mol. The molecule has 3 atom stereocenters. The van der Waals surface area contributed by atoms with Crippen LogP contribution in [0.2, 0.25) is 5.02 Å². The Labute approximate surface area is 257 Å². The number of urea groups is 1. The molecule has 2 saturated heterocycles. The van der Waals surface area contributed by atoms with Gasteiger partial charge in [0.05, 0.1) is 6.54 Å². The van der Waals surface area contributed by atoms with Gasteiger partial charge in [0.25, 0.3) is 0 Å². The molecule has 2 aromatic rings. The van der Waals surface area contributed by atoms with Crippen molar-refractivity contribution in [2.45, 2.75) is 63.0 Å². The lowest BCUT2D eigenvalue weighted by Crippen LogP contribution is -2.61. The number of imide groups is 1. The van der Waals surface area contributed by atoms with Crippen LogP contribution >= 0.6 is 11.6 Å². The molecule has 0 aromatic heterocycles. The Morgan fingerprint density at radius 3 is 2.57 bits per heavy atom. The van der Waals surface area contributed by atoms with Gasteiger partial charge in [-0.25, -0.2) is 14.4 Å². The van der Waals surface area contributed by atoms with Gasteiger partial charge >= 0.3 is 24.1 Å². The van der Waals surface area contributed by atoms with Crippen molar-refractivity contribution in [1.29, 1.82) is 0 Å². The normalized spacial score (nSPS) is 23.5. The lowest BCUT2D eigenvalue weighted by atomic mass is 9.87. The summed E-state index contributed by atoms with van der Waals surface area (Å²) in [6.07, 6.45) is -2.96. The third-order valence-electron chi connectivity index (χ3n) is 8.80. The predicted octanol–water partition coefficient (Wildman–Crippen LogP) is 4.24. The van der Waals surface area contributed by atoms with Crippen LogP contribution in [0.3, 0.4) is 0 Å². The van der Waals surface area contributed by atoms with Crippen LogP contribution in [-0.2, 0) is 11.2 Å². The van der Waals surface area contributed by atoms with E-state index in [4.69, 9.17) is 26.8 Å². The number of amides is 3. The minimum absolute atomic E-state index is 0.130. The molecular weight excluding hydrogens is 607 g/mol. The topological polar surface area (TPSA) is 128 Å². The Hall–Kier alpha value is -3.39. The Morgan fingerprint density at radius 1 is 1.20 bits per heavy atom. The number of hydrogen-bond donors (Lipinski definition) is 2. The molecule has 2 fully saturated rings. The molecule has 14 heteroatoms. The molecule has 3 N–H and O–H groups in total. The SMILES string of the molecule is C[C@@H]1CCC[N+]1(C(N)=O)C(=O)c1ccc(OC(=O)C(F)(F)F)cc1OC[C@@H](O)CN1CCC2(CC1)Cc1cc(Cl)ccc1O2. The first-order chi connectivity index (χ1) is 20.7. The van der Waals surface area contributed by atoms with Gasteiger partial charge in [0.1, 0.15) is 47.2 Å². The van der Waals surface area contributed by atoms with Gasteiger partial charge in [-0.1, -0.05) is 11.6 Å². The zero-order valence-corrected chi connectivity index (χ0v) is 24.8. The van der Waals surface area contributed by atoms with Crippen molar-refractivity contribution in [1.82, 2.24) is 4.90 Å². The van der Waals surface area contributed by atoms with Crippen LogP contribution in [0.15, 0.2) is 36.4 Å². The average Bonchev–Trinajstić information content (AvgIpc) is 3.52. The Balaban J connectivity index is 1.26. The molecule has 0 saturated carbocycles. The summed E-state index contributed by atoms with van der Waals surface area (Å²) in [5, 5.41) is 11.5. The molecule has 1 unspecified atom stereocenters. The van der Waals surface area contributed by atoms with Crippen LogP contribution in [0.25, 0.3) is 0 Å². The quantitative estimate of drug-likeness (QED) is 0.261. The lowest BCUT2D eigenvalue weighted by Gasteiger charge is -2.39. The van der Waals surface area contributed by atoms with E-state index in [1.807, 2.05) is 17.0 Å². The van der Waals surface area contributed by atoms with E-state index in [1.54, 1.807) is 13.0 Å². The van der Waals surface area contributed by atoms with Gasteiger partial charge in [0.2, 0.25) is 0 Å². The standard InChI is InChI=1S/C30H33ClF3N3O7/c1-18-3-2-12-37(18,28(35)41)26(39)23-6-5-22(43-27(40)30(32,33)34)14-25(23)42-17-21(38)16-36-10-8-29(9-11-36)15-19-13-20(31)4-7-24(19)44-29/h4-7,13-14,18,21,38H,2-3,8-12,15-17H2,1H3,(H-,35,41)/p+1/t18-,21+,37?/m1/s1. The molecule has 44 heavy (non-hydrogen) atoms. The highest BCUT2D eigenvalue weighted by atomic mass is 35.5. The van der Waals surface area contributed by atoms with Gasteiger partial charge in [-0.15, -0.1) is 0 Å². The van der Waals surface area contributed by atoms with Crippen molar-refractivity contribution < 1.29 is 51.4 Å². The fourth-order valence-corrected chi connectivity index (χ4v) is 6.60. The Morgan fingerprint density at radius 2 is 1.93 bits per heavy atom. The van der Waals surface area contributed by atoms with E-state index in [2.05, 4.69) is 4.74 Å². The summed E-state index contributed by atoms with van der Waals surface area (Å²) >= 11 is 6.13. The van der Waals surface area contributed by atoms with E-state index < -0.39 is 46.5 Å². The molecule has 5 rings (SSSR count). The van der Waals surface area contributed by atoms with Crippen molar-refractivity contribution in [3.63, 3.8) is 0 Å². The number of hydrogen-bond acceptors (Lipinski definition) is 8. The first kappa shape index (κ1) is 32.0. The van der Waals surface area contributed by atoms with Gasteiger partial charge in [-0.2, -0.15) is 17.7 Å². The number of alkyl halides is 3. The van der Waals surface area contributed by atoms with E-state index in [9.17, 15) is 32.7 Å². The minimum Gasteiger partial charge on any atom is -0.490 e. The van der Waals surface area contributed by atoms with E-state index in [0.29, 0.717) is 31.0 Å². The van der Waals surface area contributed by atoms with Gasteiger partial charge in [0, 0.05) is 62.8 Å². The highest BCUT2D eigenvalue weighted by molar-refractivity contribution is 6.30. The molecule has 1 spiro atoms. The summed E-state index contributed by atoms with van der Waals surface area (Å²) in [5.41, 5.74) is 6.28. The zero-order valence-electron chi connectivity index (χ0n) is 24.1. The molecule has 3 heterocycles. The van der Waals surface area contributed by atoms with Gasteiger partial charge in [0.15, 0.2) is 0 Å². The largest absolute Gasteiger partial charge is 0.491 e. The van der Waals surface area contributed by atoms with Crippen LogP contribution < -0.4 is 19.9 Å². The summed E-state index contributed by atoms with van der Waals surface area (Å²) in [6.45, 7) is 3.04. The zero-order chi connectivity index (χ0) is 31.9. The highest BCUT2D eigenvalue weighted by Gasteiger charge is 2.52. The second-order valence-electron chi connectivity index (χ2n) is 11.8. The number of primary amides is 1. The van der Waals surface area contributed by atoms with Crippen LogP contribution in [0, 0.1) is 0 Å². The number of aliphatic hydroxyl groups excluding tert-OH is 1. The van der Waals surface area contributed by atoms with Gasteiger partial charge in [-0.05, 0) is 42.8 Å². The number of carbonyl (C=O) groups is 3. The molecule has 10 nitrogen and oxygen atoms in total. The number of aliphatic hydroxyl groups is 1. The van der Waals surface area contributed by atoms with Crippen LogP contribution in [0.5, 0.6) is 17.2 Å².